The standard InChI is InChI=1S/C17H14Cl2O2/c18-14-8-13(16(20)12-6-7-12)9-15(19)17(14)21-10-11-4-2-1-3-5-11/h1-5,8-9,12H,6-7,10H2. The van der Waals surface area contributed by atoms with E-state index in [9.17, 15) is 4.79 Å². The number of carbonyl (C=O) groups excluding carboxylic acids is 1. The van der Waals surface area contributed by atoms with Crippen LogP contribution >= 0.6 is 23.2 Å². The zero-order valence-corrected chi connectivity index (χ0v) is 12.8. The van der Waals surface area contributed by atoms with E-state index in [2.05, 4.69) is 0 Å². The van der Waals surface area contributed by atoms with Crippen LogP contribution in [0.4, 0.5) is 0 Å². The number of benzene rings is 2. The maximum atomic E-state index is 12.0. The predicted octanol–water partition coefficient (Wildman–Crippen LogP) is 5.17. The van der Waals surface area contributed by atoms with E-state index in [0.717, 1.165) is 18.4 Å². The Balaban J connectivity index is 1.77. The van der Waals surface area contributed by atoms with Gasteiger partial charge in [0.25, 0.3) is 0 Å². The molecule has 2 aromatic carbocycles. The predicted molar refractivity (Wildman–Crippen MR) is 84.3 cm³/mol. The van der Waals surface area contributed by atoms with Crippen molar-refractivity contribution in [2.75, 3.05) is 0 Å². The molecule has 0 spiro atoms. The van der Waals surface area contributed by atoms with E-state index in [4.69, 9.17) is 27.9 Å². The second-order valence-electron chi connectivity index (χ2n) is 5.18. The highest BCUT2D eigenvalue weighted by molar-refractivity contribution is 6.37. The summed E-state index contributed by atoms with van der Waals surface area (Å²) in [6, 6.07) is 13.1. The van der Waals surface area contributed by atoms with Gasteiger partial charge >= 0.3 is 0 Å². The Morgan fingerprint density at radius 2 is 1.71 bits per heavy atom. The van der Waals surface area contributed by atoms with Crippen LogP contribution in [0.15, 0.2) is 42.5 Å². The molecule has 1 fully saturated rings. The van der Waals surface area contributed by atoms with Gasteiger partial charge in [0.05, 0.1) is 10.0 Å². The third-order valence-electron chi connectivity index (χ3n) is 3.46. The van der Waals surface area contributed by atoms with Crippen LogP contribution in [0.25, 0.3) is 0 Å². The van der Waals surface area contributed by atoms with Crippen molar-refractivity contribution in [3.8, 4) is 5.75 Å². The molecule has 1 aliphatic carbocycles. The highest BCUT2D eigenvalue weighted by Crippen LogP contribution is 2.38. The zero-order valence-electron chi connectivity index (χ0n) is 11.3. The van der Waals surface area contributed by atoms with Gasteiger partial charge in [0.2, 0.25) is 0 Å². The number of ether oxygens (including phenoxy) is 1. The summed E-state index contributed by atoms with van der Waals surface area (Å²) in [5.41, 5.74) is 1.60. The summed E-state index contributed by atoms with van der Waals surface area (Å²) in [4.78, 5) is 12.0. The first kappa shape index (κ1) is 14.4. The maximum Gasteiger partial charge on any atom is 0.166 e. The summed E-state index contributed by atoms with van der Waals surface area (Å²) in [6.07, 6.45) is 1.92. The van der Waals surface area contributed by atoms with Crippen molar-refractivity contribution < 1.29 is 9.53 Å². The van der Waals surface area contributed by atoms with Gasteiger partial charge in [-0.05, 0) is 30.5 Å². The fourth-order valence-corrected chi connectivity index (χ4v) is 2.75. The minimum absolute atomic E-state index is 0.119. The van der Waals surface area contributed by atoms with Crippen LogP contribution in [0.5, 0.6) is 5.75 Å². The first-order valence-electron chi connectivity index (χ1n) is 6.85. The number of halogens is 2. The molecule has 0 aliphatic heterocycles. The molecule has 1 aliphatic rings. The summed E-state index contributed by atoms with van der Waals surface area (Å²) in [5.74, 6) is 0.691. The molecule has 4 heteroatoms. The minimum atomic E-state index is 0.119. The summed E-state index contributed by atoms with van der Waals surface area (Å²) >= 11 is 12.4. The molecular formula is C17H14Cl2O2. The average molecular weight is 321 g/mol. The van der Waals surface area contributed by atoms with E-state index in [1.54, 1.807) is 12.1 Å². The minimum Gasteiger partial charge on any atom is -0.486 e. The highest BCUT2D eigenvalue weighted by atomic mass is 35.5. The molecule has 108 valence electrons. The molecular weight excluding hydrogens is 307 g/mol. The van der Waals surface area contributed by atoms with Crippen LogP contribution in [-0.2, 0) is 6.61 Å². The Labute approximate surface area is 133 Å². The lowest BCUT2D eigenvalue weighted by Gasteiger charge is -2.11. The van der Waals surface area contributed by atoms with Gasteiger partial charge < -0.3 is 4.74 Å². The van der Waals surface area contributed by atoms with E-state index in [1.165, 1.54) is 0 Å². The van der Waals surface area contributed by atoms with Crippen molar-refractivity contribution >= 4 is 29.0 Å². The zero-order chi connectivity index (χ0) is 14.8. The molecule has 3 rings (SSSR count). The molecule has 0 bridgehead atoms. The Bertz CT molecular complexity index is 641. The maximum absolute atomic E-state index is 12.0. The first-order chi connectivity index (χ1) is 10.1. The molecule has 0 atom stereocenters. The normalized spacial score (nSPS) is 14.0. The summed E-state index contributed by atoms with van der Waals surface area (Å²) in [7, 11) is 0. The van der Waals surface area contributed by atoms with Gasteiger partial charge in [0, 0.05) is 11.5 Å². The molecule has 0 radical (unpaired) electrons. The molecule has 0 amide bonds. The molecule has 0 N–H and O–H groups in total. The van der Waals surface area contributed by atoms with E-state index in [-0.39, 0.29) is 11.7 Å². The van der Waals surface area contributed by atoms with Crippen LogP contribution in [-0.4, -0.2) is 5.78 Å². The highest BCUT2D eigenvalue weighted by Gasteiger charge is 2.31. The largest absolute Gasteiger partial charge is 0.486 e. The summed E-state index contributed by atoms with van der Waals surface area (Å²) in [6.45, 7) is 0.385. The first-order valence-corrected chi connectivity index (χ1v) is 7.60. The van der Waals surface area contributed by atoms with Crippen molar-refractivity contribution in [3.05, 3.63) is 63.6 Å². The van der Waals surface area contributed by atoms with Crippen molar-refractivity contribution in [2.45, 2.75) is 19.4 Å². The monoisotopic (exact) mass is 320 g/mol. The van der Waals surface area contributed by atoms with E-state index in [0.29, 0.717) is 28.0 Å². The van der Waals surface area contributed by atoms with E-state index in [1.807, 2.05) is 30.3 Å². The molecule has 0 saturated heterocycles. The number of Topliss-reactive ketones (excluding diaryl/α,β-unsaturated/α-hetero) is 1. The Morgan fingerprint density at radius 1 is 1.10 bits per heavy atom. The molecule has 0 unspecified atom stereocenters. The quantitative estimate of drug-likeness (QED) is 0.711. The lowest BCUT2D eigenvalue weighted by atomic mass is 10.1. The smallest absolute Gasteiger partial charge is 0.166 e. The second-order valence-corrected chi connectivity index (χ2v) is 6.00. The van der Waals surface area contributed by atoms with Gasteiger partial charge in [-0.2, -0.15) is 0 Å². The van der Waals surface area contributed by atoms with E-state index < -0.39 is 0 Å². The summed E-state index contributed by atoms with van der Waals surface area (Å²) < 4.78 is 5.69. The van der Waals surface area contributed by atoms with Crippen LogP contribution in [0, 0.1) is 5.92 Å². The number of hydrogen-bond donors (Lipinski definition) is 0. The van der Waals surface area contributed by atoms with Gasteiger partial charge in [-0.25, -0.2) is 0 Å². The molecule has 2 aromatic rings. The molecule has 2 nitrogen and oxygen atoms in total. The molecule has 0 heterocycles. The van der Waals surface area contributed by atoms with Crippen LogP contribution < -0.4 is 4.74 Å². The molecule has 1 saturated carbocycles. The fraction of sp³-hybridized carbons (Fsp3) is 0.235. The van der Waals surface area contributed by atoms with Gasteiger partial charge in [0.1, 0.15) is 6.61 Å². The van der Waals surface area contributed by atoms with Gasteiger partial charge in [-0.3, -0.25) is 4.79 Å². The van der Waals surface area contributed by atoms with Gasteiger partial charge in [0.15, 0.2) is 11.5 Å². The van der Waals surface area contributed by atoms with Crippen LogP contribution in [0.2, 0.25) is 10.0 Å². The van der Waals surface area contributed by atoms with Crippen molar-refractivity contribution in [1.82, 2.24) is 0 Å². The Hall–Kier alpha value is -1.51. The van der Waals surface area contributed by atoms with Crippen molar-refractivity contribution in [3.63, 3.8) is 0 Å². The van der Waals surface area contributed by atoms with Crippen LogP contribution in [0.1, 0.15) is 28.8 Å². The SMILES string of the molecule is O=C(c1cc(Cl)c(OCc2ccccc2)c(Cl)c1)C1CC1. The van der Waals surface area contributed by atoms with Gasteiger partial charge in [-0.15, -0.1) is 0 Å². The number of ketones is 1. The second kappa shape index (κ2) is 6.08. The van der Waals surface area contributed by atoms with Crippen molar-refractivity contribution in [2.24, 2.45) is 5.92 Å². The topological polar surface area (TPSA) is 26.3 Å². The van der Waals surface area contributed by atoms with Crippen molar-refractivity contribution in [1.29, 1.82) is 0 Å². The fourth-order valence-electron chi connectivity index (χ4n) is 2.15. The lowest BCUT2D eigenvalue weighted by molar-refractivity contribution is 0.0967. The third kappa shape index (κ3) is 3.39. The number of carbonyl (C=O) groups is 1. The Morgan fingerprint density at radius 3 is 2.29 bits per heavy atom. The Kier molecular flexibility index (Phi) is 4.18. The molecule has 21 heavy (non-hydrogen) atoms. The van der Waals surface area contributed by atoms with E-state index >= 15 is 0 Å². The summed E-state index contributed by atoms with van der Waals surface area (Å²) in [5, 5.41) is 0.755. The number of rotatable bonds is 5. The van der Waals surface area contributed by atoms with Crippen LogP contribution in [0.3, 0.4) is 0 Å². The molecule has 0 aromatic heterocycles. The lowest BCUT2D eigenvalue weighted by Crippen LogP contribution is -2.03. The average Bonchev–Trinajstić information content (AvgIpc) is 3.31. The third-order valence-corrected chi connectivity index (χ3v) is 4.02. The van der Waals surface area contributed by atoms with Gasteiger partial charge in [-0.1, -0.05) is 53.5 Å². The number of hydrogen-bond acceptors (Lipinski definition) is 2.